The van der Waals surface area contributed by atoms with Gasteiger partial charge in [-0.1, -0.05) is 60.1 Å². The summed E-state index contributed by atoms with van der Waals surface area (Å²) in [4.78, 5) is 0. The molecule has 0 aliphatic rings. The number of hydrogen-bond donors (Lipinski definition) is 0. The van der Waals surface area contributed by atoms with Gasteiger partial charge in [-0.2, -0.15) is 0 Å². The van der Waals surface area contributed by atoms with Crippen molar-refractivity contribution in [2.45, 2.75) is 31.6 Å². The summed E-state index contributed by atoms with van der Waals surface area (Å²) in [6.07, 6.45) is 1.63. The lowest BCUT2D eigenvalue weighted by atomic mass is 9.72. The van der Waals surface area contributed by atoms with Crippen LogP contribution in [0, 0.1) is 0 Å². The van der Waals surface area contributed by atoms with E-state index < -0.39 is 11.3 Å². The van der Waals surface area contributed by atoms with Gasteiger partial charge in [0, 0.05) is 22.0 Å². The number of rotatable bonds is 6. The van der Waals surface area contributed by atoms with E-state index in [4.69, 9.17) is 34.8 Å². The number of allylic oxidation sites excluding steroid dienone is 1. The minimum Gasteiger partial charge on any atom is -0.206 e. The van der Waals surface area contributed by atoms with Crippen molar-refractivity contribution in [2.24, 2.45) is 0 Å². The van der Waals surface area contributed by atoms with Gasteiger partial charge in [0.05, 0.1) is 5.41 Å². The lowest BCUT2D eigenvalue weighted by Crippen LogP contribution is -2.40. The normalized spacial score (nSPS) is 14.0. The minimum absolute atomic E-state index is 0.0192. The molecular weight excluding hydrogens is 397 g/mol. The van der Waals surface area contributed by atoms with E-state index in [-0.39, 0.29) is 6.42 Å². The third-order valence-corrected chi connectivity index (χ3v) is 5.44. The van der Waals surface area contributed by atoms with Gasteiger partial charge in [-0.25, -0.2) is 8.78 Å². The van der Waals surface area contributed by atoms with Gasteiger partial charge < -0.3 is 0 Å². The van der Waals surface area contributed by atoms with E-state index >= 15 is 0 Å². The molecule has 0 bridgehead atoms. The molecule has 1 atom stereocenters. The highest BCUT2D eigenvalue weighted by molar-refractivity contribution is 6.34. The molecule has 5 heteroatoms. The molecule has 2 aromatic rings. The molecule has 0 saturated heterocycles. The van der Waals surface area contributed by atoms with Crippen molar-refractivity contribution in [3.8, 4) is 0 Å². The molecule has 0 saturated carbocycles. The summed E-state index contributed by atoms with van der Waals surface area (Å²) in [5.41, 5.74) is 0.840. The van der Waals surface area contributed by atoms with E-state index in [0.717, 1.165) is 18.1 Å². The highest BCUT2D eigenvalue weighted by Gasteiger charge is 2.47. The highest BCUT2D eigenvalue weighted by Crippen LogP contribution is 2.46. The molecule has 26 heavy (non-hydrogen) atoms. The molecular formula is C21H19Cl3F2. The number of halogens is 5. The van der Waals surface area contributed by atoms with Crippen molar-refractivity contribution in [1.82, 2.24) is 0 Å². The second kappa shape index (κ2) is 7.72. The van der Waals surface area contributed by atoms with Crippen molar-refractivity contribution in [2.75, 3.05) is 0 Å². The first-order chi connectivity index (χ1) is 12.0. The van der Waals surface area contributed by atoms with Crippen LogP contribution in [0.15, 0.2) is 49.6 Å². The summed E-state index contributed by atoms with van der Waals surface area (Å²) in [5, 5.41) is 1.17. The van der Waals surface area contributed by atoms with Gasteiger partial charge >= 0.3 is 0 Å². The molecule has 0 radical (unpaired) electrons. The second-order valence-electron chi connectivity index (χ2n) is 6.60. The lowest BCUT2D eigenvalue weighted by Gasteiger charge is -2.37. The fraction of sp³-hybridized carbons (Fsp3) is 0.238. The first-order valence-corrected chi connectivity index (χ1v) is 9.06. The van der Waals surface area contributed by atoms with Crippen molar-refractivity contribution < 1.29 is 8.78 Å². The topological polar surface area (TPSA) is 0 Å². The van der Waals surface area contributed by atoms with E-state index in [2.05, 4.69) is 13.2 Å². The van der Waals surface area contributed by atoms with Crippen LogP contribution in [-0.2, 0) is 5.41 Å². The maximum atomic E-state index is 14.6. The molecule has 0 heterocycles. The third kappa shape index (κ3) is 4.31. The van der Waals surface area contributed by atoms with E-state index in [1.54, 1.807) is 24.3 Å². The molecule has 1 unspecified atom stereocenters. The summed E-state index contributed by atoms with van der Waals surface area (Å²) < 4.78 is 29.3. The van der Waals surface area contributed by atoms with Crippen LogP contribution in [0.3, 0.4) is 0 Å². The van der Waals surface area contributed by atoms with E-state index in [1.807, 2.05) is 0 Å². The monoisotopic (exact) mass is 414 g/mol. The van der Waals surface area contributed by atoms with E-state index in [0.29, 0.717) is 26.2 Å². The van der Waals surface area contributed by atoms with Crippen LogP contribution in [0.2, 0.25) is 15.1 Å². The molecule has 0 aromatic heterocycles. The number of benzene rings is 2. The summed E-state index contributed by atoms with van der Waals surface area (Å²) in [7, 11) is 0. The minimum atomic E-state index is -3.03. The smallest absolute Gasteiger partial charge is 0.206 e. The third-order valence-electron chi connectivity index (χ3n) is 4.66. The Morgan fingerprint density at radius 2 is 1.62 bits per heavy atom. The van der Waals surface area contributed by atoms with Gasteiger partial charge in [-0.05, 0) is 65.9 Å². The van der Waals surface area contributed by atoms with Crippen molar-refractivity contribution in [3.63, 3.8) is 0 Å². The van der Waals surface area contributed by atoms with Crippen LogP contribution in [0.25, 0.3) is 11.6 Å². The van der Waals surface area contributed by atoms with Crippen molar-refractivity contribution in [1.29, 1.82) is 0 Å². The van der Waals surface area contributed by atoms with Gasteiger partial charge in [-0.3, -0.25) is 0 Å². The Labute approximate surface area is 168 Å². The maximum absolute atomic E-state index is 14.6. The average molecular weight is 416 g/mol. The molecule has 0 amide bonds. The Morgan fingerprint density at radius 3 is 2.12 bits per heavy atom. The Morgan fingerprint density at radius 1 is 1.04 bits per heavy atom. The van der Waals surface area contributed by atoms with E-state index in [9.17, 15) is 8.78 Å². The maximum Gasteiger partial charge on any atom is 0.254 e. The molecule has 0 aliphatic heterocycles. The van der Waals surface area contributed by atoms with Crippen LogP contribution < -0.4 is 0 Å². The Bertz CT molecular complexity index is 833. The molecule has 138 valence electrons. The molecule has 0 spiro atoms. The van der Waals surface area contributed by atoms with Gasteiger partial charge in [0.25, 0.3) is 5.92 Å². The zero-order valence-electron chi connectivity index (χ0n) is 14.6. The van der Waals surface area contributed by atoms with Crippen LogP contribution >= 0.6 is 34.8 Å². The Kier molecular flexibility index (Phi) is 6.22. The van der Waals surface area contributed by atoms with Gasteiger partial charge in [0.1, 0.15) is 0 Å². The van der Waals surface area contributed by atoms with Crippen LogP contribution in [-0.4, -0.2) is 5.92 Å². The summed E-state index contributed by atoms with van der Waals surface area (Å²) >= 11 is 18.2. The Hall–Kier alpha value is -1.35. The van der Waals surface area contributed by atoms with Crippen LogP contribution in [0.5, 0.6) is 0 Å². The molecule has 0 aliphatic carbocycles. The standard InChI is InChI=1S/C21H19Cl3F2/c1-5-14-8-15(6-7-19(14)24)13(2)12-20(3,21(4,25)26)16-9-17(22)11-18(23)10-16/h5-11H,1-2,12H2,3-4H3. The van der Waals surface area contributed by atoms with Gasteiger partial charge in [0.15, 0.2) is 0 Å². The van der Waals surface area contributed by atoms with Gasteiger partial charge in [0.2, 0.25) is 0 Å². The van der Waals surface area contributed by atoms with Crippen LogP contribution in [0.1, 0.15) is 37.0 Å². The molecule has 2 rings (SSSR count). The first kappa shape index (κ1) is 21.0. The quantitative estimate of drug-likeness (QED) is 0.445. The fourth-order valence-electron chi connectivity index (χ4n) is 2.83. The van der Waals surface area contributed by atoms with Crippen molar-refractivity contribution >= 4 is 46.5 Å². The summed E-state index contributed by atoms with van der Waals surface area (Å²) in [6, 6.07) is 9.82. The number of hydrogen-bond acceptors (Lipinski definition) is 0. The van der Waals surface area contributed by atoms with Crippen LogP contribution in [0.4, 0.5) is 8.78 Å². The summed E-state index contributed by atoms with van der Waals surface area (Å²) in [6.45, 7) is 10.1. The van der Waals surface area contributed by atoms with Crippen molar-refractivity contribution in [3.05, 3.63) is 81.3 Å². The lowest BCUT2D eigenvalue weighted by molar-refractivity contribution is -0.0526. The molecule has 0 N–H and O–H groups in total. The second-order valence-corrected chi connectivity index (χ2v) is 7.88. The average Bonchev–Trinajstić information content (AvgIpc) is 2.53. The summed E-state index contributed by atoms with van der Waals surface area (Å²) in [5.74, 6) is -3.03. The highest BCUT2D eigenvalue weighted by atomic mass is 35.5. The first-order valence-electron chi connectivity index (χ1n) is 7.92. The zero-order chi connectivity index (χ0) is 19.7. The van der Waals surface area contributed by atoms with Gasteiger partial charge in [-0.15, -0.1) is 0 Å². The molecule has 0 fully saturated rings. The molecule has 2 aromatic carbocycles. The predicted molar refractivity (Wildman–Crippen MR) is 110 cm³/mol. The predicted octanol–water partition coefficient (Wildman–Crippen LogP) is 8.31. The number of alkyl halides is 2. The molecule has 0 nitrogen and oxygen atoms in total. The van der Waals surface area contributed by atoms with E-state index in [1.165, 1.54) is 25.1 Å². The zero-order valence-corrected chi connectivity index (χ0v) is 16.8. The largest absolute Gasteiger partial charge is 0.254 e. The Balaban J connectivity index is 2.49. The SMILES string of the molecule is C=Cc1cc(C(=C)CC(C)(c2cc(Cl)cc(Cl)c2)C(C)(F)F)ccc1Cl. The fourth-order valence-corrected chi connectivity index (χ4v) is 3.55.